The van der Waals surface area contributed by atoms with Gasteiger partial charge in [-0.25, -0.2) is 0 Å². The number of hydrogen-bond acceptors (Lipinski definition) is 4. The summed E-state index contributed by atoms with van der Waals surface area (Å²) in [5.74, 6) is 0.0584. The van der Waals surface area contributed by atoms with Crippen LogP contribution in [0.3, 0.4) is 0 Å². The molecule has 0 atom stereocenters. The normalized spacial score (nSPS) is 10.9. The van der Waals surface area contributed by atoms with Gasteiger partial charge in [0.15, 0.2) is 12.1 Å². The third-order valence-electron chi connectivity index (χ3n) is 1.93. The molecule has 78 valence electrons. The second kappa shape index (κ2) is 5.24. The summed E-state index contributed by atoms with van der Waals surface area (Å²) in [7, 11) is 3.06. The van der Waals surface area contributed by atoms with Gasteiger partial charge in [-0.2, -0.15) is 0 Å². The molecule has 0 unspecified atom stereocenters. The molecular weight excluding hydrogens is 200 g/mol. The highest BCUT2D eigenvalue weighted by Gasteiger charge is 2.14. The molecule has 0 spiro atoms. The molecule has 1 aromatic heterocycles. The number of carbonyl (C=O) groups excluding carboxylic acids is 1. The summed E-state index contributed by atoms with van der Waals surface area (Å²) in [6.45, 7) is 1.98. The summed E-state index contributed by atoms with van der Waals surface area (Å²) in [4.78, 5) is 12.8. The number of thiophene rings is 1. The third kappa shape index (κ3) is 2.90. The molecule has 0 aliphatic heterocycles. The second-order valence-corrected chi connectivity index (χ2v) is 4.09. The molecule has 0 radical (unpaired) electrons. The summed E-state index contributed by atoms with van der Waals surface area (Å²) < 4.78 is 9.92. The fourth-order valence-corrected chi connectivity index (χ4v) is 1.83. The first-order valence-electron chi connectivity index (χ1n) is 4.31. The van der Waals surface area contributed by atoms with Crippen LogP contribution in [0.25, 0.3) is 0 Å². The molecular formula is C10H14O3S. The van der Waals surface area contributed by atoms with Gasteiger partial charge in [-0.3, -0.25) is 4.79 Å². The van der Waals surface area contributed by atoms with Gasteiger partial charge >= 0.3 is 0 Å². The number of ether oxygens (including phenoxy) is 2. The number of ketones is 1. The van der Waals surface area contributed by atoms with Gasteiger partial charge in [0, 0.05) is 30.0 Å². The van der Waals surface area contributed by atoms with Crippen LogP contribution >= 0.6 is 11.3 Å². The average molecular weight is 214 g/mol. The lowest BCUT2D eigenvalue weighted by Crippen LogP contribution is -2.17. The van der Waals surface area contributed by atoms with Crippen molar-refractivity contribution in [2.75, 3.05) is 14.2 Å². The maximum atomic E-state index is 11.6. The predicted molar refractivity (Wildman–Crippen MR) is 55.8 cm³/mol. The molecule has 1 rings (SSSR count). The zero-order valence-corrected chi connectivity index (χ0v) is 9.39. The highest BCUT2D eigenvalue weighted by atomic mass is 32.1. The molecule has 0 aliphatic rings. The number of rotatable bonds is 5. The molecule has 1 aromatic rings. The van der Waals surface area contributed by atoms with E-state index in [4.69, 9.17) is 9.47 Å². The smallest absolute Gasteiger partial charge is 0.168 e. The highest BCUT2D eigenvalue weighted by Crippen LogP contribution is 2.16. The van der Waals surface area contributed by atoms with Crippen LogP contribution in [0.2, 0.25) is 0 Å². The number of aryl methyl sites for hydroxylation is 1. The molecule has 0 saturated heterocycles. The van der Waals surface area contributed by atoms with Gasteiger partial charge in [-0.1, -0.05) is 0 Å². The monoisotopic (exact) mass is 214 g/mol. The molecule has 14 heavy (non-hydrogen) atoms. The van der Waals surface area contributed by atoms with Crippen molar-refractivity contribution < 1.29 is 14.3 Å². The predicted octanol–water partition coefficient (Wildman–Crippen LogP) is 2.25. The summed E-state index contributed by atoms with van der Waals surface area (Å²) in [6, 6.07) is 1.88. The Morgan fingerprint density at radius 1 is 1.50 bits per heavy atom. The Morgan fingerprint density at radius 3 is 2.57 bits per heavy atom. The molecule has 0 saturated carbocycles. The topological polar surface area (TPSA) is 35.5 Å². The summed E-state index contributed by atoms with van der Waals surface area (Å²) in [6.07, 6.45) is -0.175. The van der Waals surface area contributed by atoms with E-state index in [1.807, 2.05) is 18.4 Å². The van der Waals surface area contributed by atoms with Gasteiger partial charge in [0.1, 0.15) is 0 Å². The van der Waals surface area contributed by atoms with Crippen molar-refractivity contribution in [3.63, 3.8) is 0 Å². The van der Waals surface area contributed by atoms with E-state index >= 15 is 0 Å². The molecule has 0 aliphatic carbocycles. The molecule has 0 N–H and O–H groups in total. The van der Waals surface area contributed by atoms with Crippen LogP contribution in [-0.4, -0.2) is 26.3 Å². The number of carbonyl (C=O) groups is 1. The third-order valence-corrected chi connectivity index (χ3v) is 2.79. The zero-order chi connectivity index (χ0) is 10.6. The summed E-state index contributed by atoms with van der Waals surface area (Å²) >= 11 is 1.57. The van der Waals surface area contributed by atoms with Crippen molar-refractivity contribution in [3.8, 4) is 0 Å². The highest BCUT2D eigenvalue weighted by molar-refractivity contribution is 7.10. The molecule has 0 aromatic carbocycles. The van der Waals surface area contributed by atoms with Crippen molar-refractivity contribution in [1.29, 1.82) is 0 Å². The first-order valence-corrected chi connectivity index (χ1v) is 5.19. The van der Waals surface area contributed by atoms with E-state index in [-0.39, 0.29) is 12.2 Å². The van der Waals surface area contributed by atoms with Crippen molar-refractivity contribution in [1.82, 2.24) is 0 Å². The average Bonchev–Trinajstić information content (AvgIpc) is 2.61. The fraction of sp³-hybridized carbons (Fsp3) is 0.500. The SMILES string of the molecule is COC(CC(=O)c1csc(C)c1)OC. The van der Waals surface area contributed by atoms with Crippen molar-refractivity contribution in [3.05, 3.63) is 21.9 Å². The van der Waals surface area contributed by atoms with E-state index in [1.165, 1.54) is 14.2 Å². The van der Waals surface area contributed by atoms with Gasteiger partial charge in [0.05, 0.1) is 6.42 Å². The van der Waals surface area contributed by atoms with E-state index in [0.717, 1.165) is 10.4 Å². The zero-order valence-electron chi connectivity index (χ0n) is 8.57. The van der Waals surface area contributed by atoms with Gasteiger partial charge in [-0.05, 0) is 13.0 Å². The Labute approximate surface area is 87.7 Å². The lowest BCUT2D eigenvalue weighted by molar-refractivity contribution is -0.0993. The second-order valence-electron chi connectivity index (χ2n) is 2.97. The van der Waals surface area contributed by atoms with Gasteiger partial charge < -0.3 is 9.47 Å². The van der Waals surface area contributed by atoms with Gasteiger partial charge in [0.25, 0.3) is 0 Å². The van der Waals surface area contributed by atoms with E-state index in [2.05, 4.69) is 0 Å². The van der Waals surface area contributed by atoms with Crippen LogP contribution in [0, 0.1) is 6.92 Å². The molecule has 1 heterocycles. The minimum Gasteiger partial charge on any atom is -0.355 e. The van der Waals surface area contributed by atoms with E-state index < -0.39 is 6.29 Å². The lowest BCUT2D eigenvalue weighted by atomic mass is 10.1. The summed E-state index contributed by atoms with van der Waals surface area (Å²) in [5.41, 5.74) is 0.742. The number of Topliss-reactive ketones (excluding diaryl/α,β-unsaturated/α-hetero) is 1. The van der Waals surface area contributed by atoms with Crippen molar-refractivity contribution in [2.24, 2.45) is 0 Å². The van der Waals surface area contributed by atoms with Gasteiger partial charge in [-0.15, -0.1) is 11.3 Å². The van der Waals surface area contributed by atoms with Crippen LogP contribution in [0.5, 0.6) is 0 Å². The Balaban J connectivity index is 2.58. The molecule has 0 fully saturated rings. The number of hydrogen-bond donors (Lipinski definition) is 0. The van der Waals surface area contributed by atoms with Crippen LogP contribution in [0.4, 0.5) is 0 Å². The fourth-order valence-electron chi connectivity index (χ4n) is 1.12. The Bertz CT molecular complexity index is 302. The van der Waals surface area contributed by atoms with E-state index in [1.54, 1.807) is 11.3 Å². The van der Waals surface area contributed by atoms with Crippen LogP contribution in [0.1, 0.15) is 21.7 Å². The van der Waals surface area contributed by atoms with Crippen LogP contribution in [0.15, 0.2) is 11.4 Å². The van der Waals surface area contributed by atoms with Crippen LogP contribution < -0.4 is 0 Å². The quantitative estimate of drug-likeness (QED) is 0.557. The first kappa shape index (κ1) is 11.4. The molecule has 0 amide bonds. The molecule has 0 bridgehead atoms. The van der Waals surface area contributed by atoms with Crippen LogP contribution in [-0.2, 0) is 9.47 Å². The standard InChI is InChI=1S/C10H14O3S/c1-7-4-8(6-14-7)9(11)5-10(12-2)13-3/h4,6,10H,5H2,1-3H3. The van der Waals surface area contributed by atoms with Crippen molar-refractivity contribution >= 4 is 17.1 Å². The van der Waals surface area contributed by atoms with Gasteiger partial charge in [0.2, 0.25) is 0 Å². The Hall–Kier alpha value is -0.710. The minimum absolute atomic E-state index is 0.0584. The largest absolute Gasteiger partial charge is 0.355 e. The van der Waals surface area contributed by atoms with E-state index in [9.17, 15) is 4.79 Å². The maximum Gasteiger partial charge on any atom is 0.168 e. The van der Waals surface area contributed by atoms with Crippen molar-refractivity contribution in [2.45, 2.75) is 19.6 Å². The number of methoxy groups -OCH3 is 2. The maximum absolute atomic E-state index is 11.6. The molecule has 3 nitrogen and oxygen atoms in total. The Kier molecular flexibility index (Phi) is 4.25. The first-order chi connectivity index (χ1) is 6.67. The summed E-state index contributed by atoms with van der Waals surface area (Å²) in [5, 5.41) is 1.86. The minimum atomic E-state index is -0.442. The molecule has 4 heteroatoms. The Morgan fingerprint density at radius 2 is 2.14 bits per heavy atom. The van der Waals surface area contributed by atoms with E-state index in [0.29, 0.717) is 0 Å². The lowest BCUT2D eigenvalue weighted by Gasteiger charge is -2.11.